The number of imide groups is 1. The number of fused-ring (bicyclic) bond motifs is 1. The maximum atomic E-state index is 14.4. The van der Waals surface area contributed by atoms with Crippen LogP contribution in [0.15, 0.2) is 75.8 Å². The van der Waals surface area contributed by atoms with Crippen LogP contribution in [0.25, 0.3) is 21.9 Å². The first kappa shape index (κ1) is 78.5. The molecule has 0 saturated carbocycles. The Balaban J connectivity index is 1.11. The number of nitrogens with two attached hydrogens (primary N) is 1. The van der Waals surface area contributed by atoms with E-state index in [1.807, 2.05) is 12.1 Å². The predicted octanol–water partition coefficient (Wildman–Crippen LogP) is 2.97. The maximum Gasteiger partial charge on any atom is 0.317 e. The highest BCUT2D eigenvalue weighted by Gasteiger charge is 2.40. The summed E-state index contributed by atoms with van der Waals surface area (Å²) in [5, 5.41) is 74.8. The molecule has 536 valence electrons. The number of ether oxygens (including phenoxy) is 1. The summed E-state index contributed by atoms with van der Waals surface area (Å²) >= 11 is 0.855. The summed E-state index contributed by atoms with van der Waals surface area (Å²) in [6, 6.07) is 14.4. The van der Waals surface area contributed by atoms with Crippen molar-refractivity contribution in [1.29, 1.82) is 0 Å². The monoisotopic (exact) mass is 1420 g/mol. The van der Waals surface area contributed by atoms with Crippen LogP contribution < -0.4 is 21.7 Å². The lowest BCUT2D eigenvalue weighted by Gasteiger charge is -2.33. The van der Waals surface area contributed by atoms with E-state index in [1.165, 1.54) is 18.2 Å². The van der Waals surface area contributed by atoms with Gasteiger partial charge in [0.1, 0.15) is 28.5 Å². The molecular weight excluding hydrogens is 1340 g/mol. The number of phenolic OH excluding ortho intramolecular Hbond substituents is 1. The molecule has 2 saturated heterocycles. The standard InChI is InChI=1S/C64H81N11O22S2/c1-38-27-40(41-7-12-48(39(2)28-41)69-70-49-13-9-45-52(99(94,95)96)14-10-46(65)60(45)61(49)89)6-11-47(38)68-62(90)50(67-54(79)32-71-19-21-72(33-57(83)84)23-25-74(35-59(87)88)26-24-73(22-20-71)34-58(85)86)5-3-4-17-66-53(78)16-18-75-55(80)31-51(63(75)91)98-36-42(64(92)93)29-43(77)30-44(97-37-76)8-15-56(81)82/h6-7,9-14,27-28,37,42,44,50-51,89H,3-5,8,15-26,29-36,65H2,1-2H3,(H,66,78)(H,67,79)(H,68,90)(H,81,82)(H,83,84)(H,85,86)(H,87,88)(H,92,93)(H,94,95,96)/t42-,44+,50+,51?/m0/s1. The zero-order chi connectivity index (χ0) is 72.7. The molecule has 2 fully saturated rings. The number of nitrogens with one attached hydrogen (secondary N) is 3. The third-order valence-corrected chi connectivity index (χ3v) is 18.7. The largest absolute Gasteiger partial charge is 0.505 e. The van der Waals surface area contributed by atoms with E-state index in [1.54, 1.807) is 57.7 Å². The first-order chi connectivity index (χ1) is 46.9. The molecule has 0 aromatic heterocycles. The molecule has 35 heteroatoms. The van der Waals surface area contributed by atoms with Crippen LogP contribution in [0.1, 0.15) is 68.9 Å². The highest BCUT2D eigenvalue weighted by Crippen LogP contribution is 2.41. The van der Waals surface area contributed by atoms with Crippen molar-refractivity contribution in [3.63, 3.8) is 0 Å². The van der Waals surface area contributed by atoms with Crippen LogP contribution in [0.2, 0.25) is 0 Å². The van der Waals surface area contributed by atoms with E-state index >= 15 is 0 Å². The van der Waals surface area contributed by atoms with Gasteiger partial charge in [-0.05, 0) is 104 Å². The van der Waals surface area contributed by atoms with E-state index < -0.39 is 142 Å². The van der Waals surface area contributed by atoms with Crippen LogP contribution in [0, 0.1) is 19.8 Å². The van der Waals surface area contributed by atoms with Gasteiger partial charge in [0, 0.05) is 120 Å². The Morgan fingerprint density at radius 3 is 1.81 bits per heavy atom. The third-order valence-electron chi connectivity index (χ3n) is 16.4. The molecule has 2 heterocycles. The molecule has 0 spiro atoms. The number of azo groups is 1. The maximum absolute atomic E-state index is 14.4. The number of likely N-dealkylation sites (tertiary alicyclic amines) is 1. The highest BCUT2D eigenvalue weighted by atomic mass is 32.2. The van der Waals surface area contributed by atoms with Crippen molar-refractivity contribution in [2.45, 2.75) is 93.9 Å². The van der Waals surface area contributed by atoms with Crippen LogP contribution in [0.5, 0.6) is 5.75 Å². The summed E-state index contributed by atoms with van der Waals surface area (Å²) in [4.78, 5) is 157. The van der Waals surface area contributed by atoms with Gasteiger partial charge in [-0.3, -0.25) is 86.6 Å². The second-order valence-corrected chi connectivity index (χ2v) is 26.5. The van der Waals surface area contributed by atoms with Gasteiger partial charge in [-0.25, -0.2) is 0 Å². The minimum atomic E-state index is -4.66. The second-order valence-electron chi connectivity index (χ2n) is 23.9. The van der Waals surface area contributed by atoms with Gasteiger partial charge in [-0.1, -0.05) is 18.2 Å². The topological polar surface area (TPSA) is 493 Å². The Kier molecular flexibility index (Phi) is 29.7. The number of aromatic hydroxyl groups is 1. The molecule has 4 atom stereocenters. The number of aryl methyl sites for hydroxylation is 2. The molecule has 6 rings (SSSR count). The van der Waals surface area contributed by atoms with Crippen LogP contribution in [-0.4, -0.2) is 255 Å². The number of Topliss-reactive ketones (excluding diaryl/α,β-unsaturated/α-hetero) is 1. The van der Waals surface area contributed by atoms with Crippen molar-refractivity contribution in [1.82, 2.24) is 35.1 Å². The first-order valence-corrected chi connectivity index (χ1v) is 34.0. The average Bonchev–Trinajstić information content (AvgIpc) is 1.73. The third kappa shape index (κ3) is 24.8. The number of anilines is 2. The summed E-state index contributed by atoms with van der Waals surface area (Å²) in [6.07, 6.45) is -2.63. The normalized spacial score (nSPS) is 16.5. The van der Waals surface area contributed by atoms with Crippen molar-refractivity contribution in [3.05, 3.63) is 71.8 Å². The number of hydrogen-bond acceptors (Lipinski definition) is 24. The molecular formula is C64H81N11O22S2. The van der Waals surface area contributed by atoms with Crippen LogP contribution in [-0.2, 0) is 72.4 Å². The van der Waals surface area contributed by atoms with Gasteiger partial charge in [-0.2, -0.15) is 13.5 Å². The van der Waals surface area contributed by atoms with Gasteiger partial charge >= 0.3 is 29.8 Å². The second kappa shape index (κ2) is 37.4. The molecule has 99 heavy (non-hydrogen) atoms. The van der Waals surface area contributed by atoms with Crippen molar-refractivity contribution in [2.75, 3.05) is 108 Å². The minimum absolute atomic E-state index is 0.0178. The number of ketones is 1. The number of amides is 5. The Morgan fingerprint density at radius 2 is 1.26 bits per heavy atom. The van der Waals surface area contributed by atoms with E-state index in [9.17, 15) is 96.0 Å². The van der Waals surface area contributed by atoms with Gasteiger partial charge in [0.25, 0.3) is 16.6 Å². The number of carbonyl (C=O) groups excluding carboxylic acids is 7. The van der Waals surface area contributed by atoms with E-state index in [0.717, 1.165) is 33.9 Å². The van der Waals surface area contributed by atoms with Gasteiger partial charge in [0.15, 0.2) is 5.75 Å². The number of carboxylic acids is 5. The molecule has 2 aliphatic rings. The number of aliphatic carboxylic acids is 5. The van der Waals surface area contributed by atoms with E-state index in [2.05, 4.69) is 26.2 Å². The summed E-state index contributed by atoms with van der Waals surface area (Å²) in [5.41, 5.74) is 9.65. The molecule has 33 nitrogen and oxygen atoms in total. The predicted molar refractivity (Wildman–Crippen MR) is 357 cm³/mol. The minimum Gasteiger partial charge on any atom is -0.505 e. The molecule has 0 bridgehead atoms. The molecule has 4 aromatic carbocycles. The van der Waals surface area contributed by atoms with E-state index in [0.29, 0.717) is 22.5 Å². The lowest BCUT2D eigenvalue weighted by molar-refractivity contribution is -0.144. The van der Waals surface area contributed by atoms with Crippen molar-refractivity contribution < 1.29 is 106 Å². The van der Waals surface area contributed by atoms with Crippen LogP contribution in [0.3, 0.4) is 0 Å². The molecule has 2 aliphatic heterocycles. The molecule has 1 unspecified atom stereocenters. The Labute approximate surface area is 572 Å². The van der Waals surface area contributed by atoms with Crippen LogP contribution >= 0.6 is 11.8 Å². The molecule has 0 radical (unpaired) electrons. The first-order valence-electron chi connectivity index (χ1n) is 31.5. The zero-order valence-electron chi connectivity index (χ0n) is 54.4. The van der Waals surface area contributed by atoms with Crippen LogP contribution in [0.4, 0.5) is 22.7 Å². The Bertz CT molecular complexity index is 3790. The molecule has 4 aromatic rings. The van der Waals surface area contributed by atoms with Gasteiger partial charge in [0.05, 0.1) is 48.4 Å². The van der Waals surface area contributed by atoms with E-state index in [4.69, 9.17) is 15.6 Å². The summed E-state index contributed by atoms with van der Waals surface area (Å²) in [5.74, 6) is -11.6. The Morgan fingerprint density at radius 1 is 0.697 bits per heavy atom. The quantitative estimate of drug-likeness (QED) is 0.00778. The van der Waals surface area contributed by atoms with Gasteiger partial charge < -0.3 is 57.1 Å². The number of carbonyl (C=O) groups is 12. The molecule has 0 aliphatic carbocycles. The highest BCUT2D eigenvalue weighted by molar-refractivity contribution is 8.00. The van der Waals surface area contributed by atoms with E-state index in [-0.39, 0.29) is 151 Å². The van der Waals surface area contributed by atoms with Gasteiger partial charge in [-0.15, -0.1) is 16.9 Å². The van der Waals surface area contributed by atoms with Crippen molar-refractivity contribution in [3.8, 4) is 16.9 Å². The number of nitrogens with zero attached hydrogens (tertiary/aromatic N) is 7. The number of unbranched alkanes of at least 4 members (excludes halogenated alkanes) is 1. The Hall–Kier alpha value is -9.52. The summed E-state index contributed by atoms with van der Waals surface area (Å²) in [7, 11) is -4.66. The summed E-state index contributed by atoms with van der Waals surface area (Å²) in [6.45, 7) is 2.96. The average molecular weight is 1420 g/mol. The van der Waals surface area contributed by atoms with Crippen molar-refractivity contribution in [2.24, 2.45) is 16.1 Å². The van der Waals surface area contributed by atoms with Gasteiger partial charge in [0.2, 0.25) is 29.5 Å². The SMILES string of the molecule is Cc1cc(-c2ccc(NC(=O)[C@@H](CCCCNC(=O)CCN3C(=O)CC(SC[C@H](CC(=O)C[C@@H](CCC(=O)O)OC=O)C(=O)O)C3=O)NC(=O)CN3CCN(CC(=O)O)CCN(CC(=O)O)CCN(CC(=O)O)CC3)c(C)c2)ccc1N=Nc1ccc2c(S(=O)(=O)O)ccc(N)c2c1O. The number of rotatable bonds is 36. The molecule has 5 amide bonds. The number of phenols is 1. The lowest BCUT2D eigenvalue weighted by atomic mass is 9.99. The number of nitrogen functional groups attached to an aromatic ring is 1. The summed E-state index contributed by atoms with van der Waals surface area (Å²) < 4.78 is 38.5. The fourth-order valence-corrected chi connectivity index (χ4v) is 13.1. The number of hydrogen-bond donors (Lipinski definition) is 11. The smallest absolute Gasteiger partial charge is 0.317 e. The van der Waals surface area contributed by atoms with Crippen molar-refractivity contribution >= 4 is 127 Å². The lowest BCUT2D eigenvalue weighted by Crippen LogP contribution is -2.51. The zero-order valence-corrected chi connectivity index (χ0v) is 56.0. The number of thioether (sulfide) groups is 1. The fraction of sp³-hybridized carbons (Fsp3) is 0.469. The fourth-order valence-electron chi connectivity index (χ4n) is 11.1. The number of carboxylic acid groups (broad SMARTS) is 5. The number of benzene rings is 4. The molecule has 12 N–H and O–H groups in total.